The van der Waals surface area contributed by atoms with Crippen LogP contribution in [0.25, 0.3) is 0 Å². The van der Waals surface area contributed by atoms with Crippen LogP contribution in [0.5, 0.6) is 0 Å². The summed E-state index contributed by atoms with van der Waals surface area (Å²) < 4.78 is 0. The summed E-state index contributed by atoms with van der Waals surface area (Å²) in [5.74, 6) is 6.87. The second kappa shape index (κ2) is 7.24. The minimum atomic E-state index is 0.479. The number of nitrogens with one attached hydrogen (secondary N) is 1. The summed E-state index contributed by atoms with van der Waals surface area (Å²) in [5.41, 5.74) is 1.42. The van der Waals surface area contributed by atoms with E-state index in [4.69, 9.17) is 0 Å². The summed E-state index contributed by atoms with van der Waals surface area (Å²) in [6, 6.07) is 11.3. The Morgan fingerprint density at radius 2 is 1.89 bits per heavy atom. The lowest BCUT2D eigenvalue weighted by atomic mass is 9.81. The first kappa shape index (κ1) is 13.2. The highest BCUT2D eigenvalue weighted by atomic mass is 14.9. The maximum absolute atomic E-state index is 3.63. The summed E-state index contributed by atoms with van der Waals surface area (Å²) in [7, 11) is 0. The van der Waals surface area contributed by atoms with Gasteiger partial charge in [0.1, 0.15) is 0 Å². The lowest BCUT2D eigenvalue weighted by Gasteiger charge is -2.31. The molecule has 0 radical (unpaired) electrons. The van der Waals surface area contributed by atoms with Crippen molar-refractivity contribution in [3.05, 3.63) is 35.9 Å². The number of benzene rings is 1. The van der Waals surface area contributed by atoms with E-state index in [1.807, 2.05) is 6.92 Å². The molecule has 1 saturated carbocycles. The molecule has 0 heterocycles. The Kier molecular flexibility index (Phi) is 5.30. The van der Waals surface area contributed by atoms with Gasteiger partial charge in [-0.05, 0) is 31.2 Å². The first-order valence-corrected chi connectivity index (χ1v) is 7.09. The molecule has 1 aliphatic rings. The molecule has 0 amide bonds. The Bertz CT molecular complexity index is 393. The predicted octanol–water partition coefficient (Wildman–Crippen LogP) is 3.92. The van der Waals surface area contributed by atoms with Crippen molar-refractivity contribution >= 4 is 0 Å². The van der Waals surface area contributed by atoms with Crippen LogP contribution >= 0.6 is 0 Å². The number of hydrogen-bond donors (Lipinski definition) is 1. The fraction of sp³-hybridized carbons (Fsp3) is 0.529. The number of rotatable bonds is 4. The van der Waals surface area contributed by atoms with E-state index >= 15 is 0 Å². The van der Waals surface area contributed by atoms with Gasteiger partial charge in [-0.15, -0.1) is 5.92 Å². The maximum Gasteiger partial charge on any atom is 0.0581 e. The molecule has 1 aromatic rings. The van der Waals surface area contributed by atoms with E-state index in [-0.39, 0.29) is 0 Å². The van der Waals surface area contributed by atoms with Crippen LogP contribution in [0.3, 0.4) is 0 Å². The van der Waals surface area contributed by atoms with E-state index in [9.17, 15) is 0 Å². The molecule has 1 fully saturated rings. The van der Waals surface area contributed by atoms with E-state index in [1.54, 1.807) is 0 Å². The smallest absolute Gasteiger partial charge is 0.0581 e. The Morgan fingerprint density at radius 3 is 2.56 bits per heavy atom. The Labute approximate surface area is 111 Å². The zero-order valence-corrected chi connectivity index (χ0v) is 11.3. The van der Waals surface area contributed by atoms with Crippen LogP contribution in [0.15, 0.2) is 30.3 Å². The molecule has 0 aromatic heterocycles. The zero-order chi connectivity index (χ0) is 12.6. The number of hydrogen-bond acceptors (Lipinski definition) is 1. The van der Waals surface area contributed by atoms with Crippen LogP contribution in [-0.4, -0.2) is 6.54 Å². The summed E-state index contributed by atoms with van der Waals surface area (Å²) in [4.78, 5) is 0. The van der Waals surface area contributed by atoms with Crippen molar-refractivity contribution in [1.29, 1.82) is 0 Å². The van der Waals surface area contributed by atoms with Gasteiger partial charge in [0.15, 0.2) is 0 Å². The monoisotopic (exact) mass is 241 g/mol. The fourth-order valence-corrected chi connectivity index (χ4v) is 2.93. The van der Waals surface area contributed by atoms with E-state index in [0.717, 1.165) is 12.5 Å². The fourth-order valence-electron chi connectivity index (χ4n) is 2.93. The summed E-state index contributed by atoms with van der Waals surface area (Å²) >= 11 is 0. The third kappa shape index (κ3) is 3.62. The maximum atomic E-state index is 3.63. The second-order valence-electron chi connectivity index (χ2n) is 5.09. The molecule has 96 valence electrons. The molecule has 1 nitrogen and oxygen atoms in total. The van der Waals surface area contributed by atoms with Gasteiger partial charge in [-0.25, -0.2) is 0 Å². The average molecular weight is 241 g/mol. The standard InChI is InChI=1S/C17H23N/c1-2-3-14-18-17(15-10-6-4-7-11-15)16-12-8-5-9-13-16/h4,6-7,10-11,16-18H,5,8-9,12-14H2,1H3. The van der Waals surface area contributed by atoms with Gasteiger partial charge in [-0.2, -0.15) is 0 Å². The molecule has 2 rings (SSSR count). The summed E-state index contributed by atoms with van der Waals surface area (Å²) in [6.07, 6.45) is 6.88. The van der Waals surface area contributed by atoms with Gasteiger partial charge in [-0.1, -0.05) is 55.5 Å². The largest absolute Gasteiger partial charge is 0.299 e. The molecule has 18 heavy (non-hydrogen) atoms. The first-order chi connectivity index (χ1) is 8.92. The molecule has 0 spiro atoms. The third-order valence-corrected chi connectivity index (χ3v) is 3.87. The van der Waals surface area contributed by atoms with Gasteiger partial charge in [0.2, 0.25) is 0 Å². The minimum Gasteiger partial charge on any atom is -0.299 e. The van der Waals surface area contributed by atoms with Crippen molar-refractivity contribution in [2.75, 3.05) is 6.54 Å². The Morgan fingerprint density at radius 1 is 1.17 bits per heavy atom. The van der Waals surface area contributed by atoms with Crippen molar-refractivity contribution in [2.45, 2.75) is 45.1 Å². The molecule has 0 bridgehead atoms. The van der Waals surface area contributed by atoms with Crippen molar-refractivity contribution in [2.24, 2.45) is 5.92 Å². The summed E-state index contributed by atoms with van der Waals surface area (Å²) in [6.45, 7) is 2.70. The topological polar surface area (TPSA) is 12.0 Å². The van der Waals surface area contributed by atoms with E-state index in [1.165, 1.54) is 37.7 Å². The van der Waals surface area contributed by atoms with E-state index in [0.29, 0.717) is 6.04 Å². The lowest BCUT2D eigenvalue weighted by molar-refractivity contribution is 0.277. The molecular weight excluding hydrogens is 218 g/mol. The van der Waals surface area contributed by atoms with Crippen molar-refractivity contribution in [1.82, 2.24) is 5.32 Å². The van der Waals surface area contributed by atoms with Crippen LogP contribution in [0.2, 0.25) is 0 Å². The highest BCUT2D eigenvalue weighted by Crippen LogP contribution is 2.34. The van der Waals surface area contributed by atoms with E-state index in [2.05, 4.69) is 47.5 Å². The average Bonchev–Trinajstić information content (AvgIpc) is 2.46. The molecule has 0 aliphatic heterocycles. The van der Waals surface area contributed by atoms with Crippen LogP contribution in [0.1, 0.15) is 50.6 Å². The summed E-state index contributed by atoms with van der Waals surface area (Å²) in [5, 5.41) is 3.63. The molecule has 1 aromatic carbocycles. The van der Waals surface area contributed by atoms with Crippen molar-refractivity contribution in [3.63, 3.8) is 0 Å². The van der Waals surface area contributed by atoms with Crippen LogP contribution in [0.4, 0.5) is 0 Å². The van der Waals surface area contributed by atoms with E-state index < -0.39 is 0 Å². The van der Waals surface area contributed by atoms with Crippen LogP contribution < -0.4 is 5.32 Å². The van der Waals surface area contributed by atoms with Crippen LogP contribution in [0, 0.1) is 17.8 Å². The van der Waals surface area contributed by atoms with Crippen molar-refractivity contribution < 1.29 is 0 Å². The first-order valence-electron chi connectivity index (χ1n) is 7.09. The minimum absolute atomic E-state index is 0.479. The highest BCUT2D eigenvalue weighted by Gasteiger charge is 2.24. The molecule has 0 saturated heterocycles. The van der Waals surface area contributed by atoms with Gasteiger partial charge in [0, 0.05) is 6.04 Å². The third-order valence-electron chi connectivity index (χ3n) is 3.87. The Balaban J connectivity index is 2.08. The second-order valence-corrected chi connectivity index (χ2v) is 5.09. The van der Waals surface area contributed by atoms with Crippen molar-refractivity contribution in [3.8, 4) is 11.8 Å². The molecule has 1 atom stereocenters. The van der Waals surface area contributed by atoms with Gasteiger partial charge < -0.3 is 0 Å². The Hall–Kier alpha value is -1.26. The normalized spacial score (nSPS) is 17.8. The quantitative estimate of drug-likeness (QED) is 0.788. The van der Waals surface area contributed by atoms with Gasteiger partial charge in [-0.3, -0.25) is 5.32 Å². The molecule has 1 unspecified atom stereocenters. The van der Waals surface area contributed by atoms with Crippen LogP contribution in [-0.2, 0) is 0 Å². The lowest BCUT2D eigenvalue weighted by Crippen LogP contribution is -2.30. The zero-order valence-electron chi connectivity index (χ0n) is 11.3. The molecule has 1 aliphatic carbocycles. The molecular formula is C17H23N. The molecule has 1 N–H and O–H groups in total. The van der Waals surface area contributed by atoms with Gasteiger partial charge >= 0.3 is 0 Å². The molecule has 1 heteroatoms. The SMILES string of the molecule is CC#CCNC(c1ccccc1)C1CCCCC1. The highest BCUT2D eigenvalue weighted by molar-refractivity contribution is 5.20. The van der Waals surface area contributed by atoms with Gasteiger partial charge in [0.05, 0.1) is 6.54 Å². The van der Waals surface area contributed by atoms with Gasteiger partial charge in [0.25, 0.3) is 0 Å². The predicted molar refractivity (Wildman–Crippen MR) is 77.2 cm³/mol.